The molecule has 0 amide bonds. The quantitative estimate of drug-likeness (QED) is 0.902. The first-order valence-electron chi connectivity index (χ1n) is 6.12. The summed E-state index contributed by atoms with van der Waals surface area (Å²) >= 11 is 5.20. The van der Waals surface area contributed by atoms with Gasteiger partial charge in [0.2, 0.25) is 0 Å². The van der Waals surface area contributed by atoms with Crippen molar-refractivity contribution in [3.63, 3.8) is 0 Å². The number of rotatable bonds is 5. The molecule has 0 aliphatic heterocycles. The molecular weight excluding hydrogens is 324 g/mol. The zero-order chi connectivity index (χ0) is 13.8. The Morgan fingerprint density at radius 3 is 2.89 bits per heavy atom. The molecule has 102 valence electrons. The lowest BCUT2D eigenvalue weighted by Gasteiger charge is -2.11. The van der Waals surface area contributed by atoms with E-state index in [0.717, 1.165) is 26.5 Å². The number of thiazole rings is 1. The van der Waals surface area contributed by atoms with Gasteiger partial charge in [-0.2, -0.15) is 0 Å². The van der Waals surface area contributed by atoms with Crippen molar-refractivity contribution in [2.24, 2.45) is 5.73 Å². The standard InChI is InChI=1S/C14H17BrN2OS/c1-9(16)5-11-6-12(3-4-14(11)15)18-8-13-7-17-10(2)19-13/h3-4,6-7,9H,5,8,16H2,1-2H3. The summed E-state index contributed by atoms with van der Waals surface area (Å²) in [6.07, 6.45) is 2.69. The average Bonchev–Trinajstić information content (AvgIpc) is 2.75. The monoisotopic (exact) mass is 340 g/mol. The van der Waals surface area contributed by atoms with Crippen LogP contribution < -0.4 is 10.5 Å². The molecule has 0 bridgehead atoms. The number of nitrogens with two attached hydrogens (primary N) is 1. The third-order valence-electron chi connectivity index (χ3n) is 2.61. The smallest absolute Gasteiger partial charge is 0.124 e. The molecule has 2 aromatic rings. The zero-order valence-corrected chi connectivity index (χ0v) is 13.4. The number of halogens is 1. The van der Waals surface area contributed by atoms with Gasteiger partial charge in [0.25, 0.3) is 0 Å². The van der Waals surface area contributed by atoms with Crippen LogP contribution in [-0.4, -0.2) is 11.0 Å². The second-order valence-corrected chi connectivity index (χ2v) is 6.74. The second kappa shape index (κ2) is 6.50. The van der Waals surface area contributed by atoms with Crippen LogP contribution in [-0.2, 0) is 13.0 Å². The zero-order valence-electron chi connectivity index (χ0n) is 11.0. The first kappa shape index (κ1) is 14.5. The molecule has 0 aliphatic rings. The van der Waals surface area contributed by atoms with Gasteiger partial charge in [0.1, 0.15) is 12.4 Å². The van der Waals surface area contributed by atoms with Crippen molar-refractivity contribution in [1.29, 1.82) is 0 Å². The highest BCUT2D eigenvalue weighted by atomic mass is 79.9. The normalized spacial score (nSPS) is 12.4. The molecular formula is C14H17BrN2OS. The number of hydrogen-bond donors (Lipinski definition) is 1. The molecule has 0 saturated heterocycles. The second-order valence-electron chi connectivity index (χ2n) is 4.57. The molecule has 0 saturated carbocycles. The SMILES string of the molecule is Cc1ncc(COc2ccc(Br)c(CC(C)N)c2)s1. The van der Waals surface area contributed by atoms with Crippen molar-refractivity contribution in [3.8, 4) is 5.75 Å². The Balaban J connectivity index is 2.04. The van der Waals surface area contributed by atoms with Gasteiger partial charge in [0, 0.05) is 16.7 Å². The first-order chi connectivity index (χ1) is 9.04. The number of ether oxygens (including phenoxy) is 1. The molecule has 1 unspecified atom stereocenters. The summed E-state index contributed by atoms with van der Waals surface area (Å²) in [6.45, 7) is 4.55. The lowest BCUT2D eigenvalue weighted by Crippen LogP contribution is -2.18. The highest BCUT2D eigenvalue weighted by molar-refractivity contribution is 9.10. The summed E-state index contributed by atoms with van der Waals surface area (Å²) in [5, 5.41) is 1.06. The highest BCUT2D eigenvalue weighted by Gasteiger charge is 2.06. The van der Waals surface area contributed by atoms with Crippen LogP contribution in [0.5, 0.6) is 5.75 Å². The molecule has 1 atom stereocenters. The van der Waals surface area contributed by atoms with Crippen molar-refractivity contribution in [2.75, 3.05) is 0 Å². The van der Waals surface area contributed by atoms with Gasteiger partial charge in [-0.3, -0.25) is 0 Å². The van der Waals surface area contributed by atoms with Crippen molar-refractivity contribution >= 4 is 27.3 Å². The maximum absolute atomic E-state index is 5.84. The van der Waals surface area contributed by atoms with Crippen LogP contribution in [0.3, 0.4) is 0 Å². The van der Waals surface area contributed by atoms with E-state index in [4.69, 9.17) is 10.5 Å². The van der Waals surface area contributed by atoms with E-state index in [2.05, 4.69) is 20.9 Å². The van der Waals surface area contributed by atoms with Gasteiger partial charge in [0.05, 0.1) is 9.88 Å². The maximum Gasteiger partial charge on any atom is 0.124 e. The molecule has 0 aliphatic carbocycles. The molecule has 1 heterocycles. The van der Waals surface area contributed by atoms with E-state index in [-0.39, 0.29) is 6.04 Å². The Bertz CT molecular complexity index is 554. The van der Waals surface area contributed by atoms with Crippen LogP contribution in [0.1, 0.15) is 22.4 Å². The topological polar surface area (TPSA) is 48.1 Å². The van der Waals surface area contributed by atoms with E-state index in [1.807, 2.05) is 38.2 Å². The molecule has 5 heteroatoms. The van der Waals surface area contributed by atoms with E-state index in [1.165, 1.54) is 5.56 Å². The van der Waals surface area contributed by atoms with Crippen molar-refractivity contribution in [2.45, 2.75) is 32.9 Å². The van der Waals surface area contributed by atoms with Gasteiger partial charge in [0.15, 0.2) is 0 Å². The minimum Gasteiger partial charge on any atom is -0.488 e. The average molecular weight is 341 g/mol. The minimum absolute atomic E-state index is 0.135. The Labute approximate surface area is 125 Å². The number of aryl methyl sites for hydroxylation is 1. The van der Waals surface area contributed by atoms with E-state index in [9.17, 15) is 0 Å². The van der Waals surface area contributed by atoms with Crippen LogP contribution in [0.15, 0.2) is 28.9 Å². The maximum atomic E-state index is 5.84. The van der Waals surface area contributed by atoms with Gasteiger partial charge in [-0.05, 0) is 44.0 Å². The van der Waals surface area contributed by atoms with Crippen LogP contribution >= 0.6 is 27.3 Å². The van der Waals surface area contributed by atoms with Crippen LogP contribution in [0.25, 0.3) is 0 Å². The summed E-state index contributed by atoms with van der Waals surface area (Å²) in [4.78, 5) is 5.35. The van der Waals surface area contributed by atoms with E-state index >= 15 is 0 Å². The Hall–Kier alpha value is -0.910. The third-order valence-corrected chi connectivity index (χ3v) is 4.27. The van der Waals surface area contributed by atoms with Crippen molar-refractivity contribution in [3.05, 3.63) is 44.3 Å². The number of hydrogen-bond acceptors (Lipinski definition) is 4. The van der Waals surface area contributed by atoms with Crippen LogP contribution in [0, 0.1) is 6.92 Å². The summed E-state index contributed by atoms with van der Waals surface area (Å²) in [7, 11) is 0. The molecule has 3 nitrogen and oxygen atoms in total. The Morgan fingerprint density at radius 2 is 2.26 bits per heavy atom. The van der Waals surface area contributed by atoms with E-state index < -0.39 is 0 Å². The molecule has 2 N–H and O–H groups in total. The number of aromatic nitrogens is 1. The molecule has 2 rings (SSSR count). The van der Waals surface area contributed by atoms with E-state index in [0.29, 0.717) is 6.61 Å². The summed E-state index contributed by atoms with van der Waals surface area (Å²) in [5.41, 5.74) is 7.02. The predicted molar refractivity (Wildman–Crippen MR) is 82.7 cm³/mol. The van der Waals surface area contributed by atoms with Gasteiger partial charge in [-0.1, -0.05) is 15.9 Å². The van der Waals surface area contributed by atoms with E-state index in [1.54, 1.807) is 11.3 Å². The molecule has 0 radical (unpaired) electrons. The van der Waals surface area contributed by atoms with Crippen LogP contribution in [0.2, 0.25) is 0 Å². The molecule has 0 spiro atoms. The van der Waals surface area contributed by atoms with Crippen molar-refractivity contribution in [1.82, 2.24) is 4.98 Å². The van der Waals surface area contributed by atoms with Gasteiger partial charge in [-0.15, -0.1) is 11.3 Å². The van der Waals surface area contributed by atoms with Gasteiger partial charge < -0.3 is 10.5 Å². The summed E-state index contributed by atoms with van der Waals surface area (Å²) in [5.74, 6) is 0.866. The summed E-state index contributed by atoms with van der Waals surface area (Å²) in [6, 6.07) is 6.14. The lowest BCUT2D eigenvalue weighted by molar-refractivity contribution is 0.309. The van der Waals surface area contributed by atoms with Crippen LogP contribution in [0.4, 0.5) is 0 Å². The third kappa shape index (κ3) is 4.30. The molecule has 1 aromatic carbocycles. The fourth-order valence-electron chi connectivity index (χ4n) is 1.77. The lowest BCUT2D eigenvalue weighted by atomic mass is 10.1. The fraction of sp³-hybridized carbons (Fsp3) is 0.357. The fourth-order valence-corrected chi connectivity index (χ4v) is 2.89. The van der Waals surface area contributed by atoms with Gasteiger partial charge >= 0.3 is 0 Å². The highest BCUT2D eigenvalue weighted by Crippen LogP contribution is 2.24. The summed E-state index contributed by atoms with van der Waals surface area (Å²) < 4.78 is 6.87. The Morgan fingerprint density at radius 1 is 1.47 bits per heavy atom. The predicted octanol–water partition coefficient (Wildman–Crippen LogP) is 3.68. The largest absolute Gasteiger partial charge is 0.488 e. The first-order valence-corrected chi connectivity index (χ1v) is 7.73. The van der Waals surface area contributed by atoms with Crippen molar-refractivity contribution < 1.29 is 4.74 Å². The Kier molecular flexibility index (Phi) is 4.96. The molecule has 19 heavy (non-hydrogen) atoms. The molecule has 1 aromatic heterocycles. The number of nitrogens with zero attached hydrogens (tertiary/aromatic N) is 1. The molecule has 0 fully saturated rings. The van der Waals surface area contributed by atoms with Gasteiger partial charge in [-0.25, -0.2) is 4.98 Å². The number of benzene rings is 1. The minimum atomic E-state index is 0.135.